The van der Waals surface area contributed by atoms with Gasteiger partial charge >= 0.3 is 5.97 Å². The Bertz CT molecular complexity index is 491. The summed E-state index contributed by atoms with van der Waals surface area (Å²) in [6.45, 7) is 3.71. The molecule has 0 aromatic heterocycles. The predicted octanol–water partition coefficient (Wildman–Crippen LogP) is 2.71. The Morgan fingerprint density at radius 3 is 2.53 bits per heavy atom. The fourth-order valence-electron chi connectivity index (χ4n) is 1.60. The number of carboxylic acid groups (broad SMARTS) is 1. The Balaban J connectivity index is 2.84. The first-order valence-corrected chi connectivity index (χ1v) is 6.17. The van der Waals surface area contributed by atoms with E-state index in [9.17, 15) is 14.0 Å². The van der Waals surface area contributed by atoms with Gasteiger partial charge in [0.1, 0.15) is 11.9 Å². The van der Waals surface area contributed by atoms with Crippen molar-refractivity contribution in [2.75, 3.05) is 0 Å². The second-order valence-corrected chi connectivity index (χ2v) is 5.03. The van der Waals surface area contributed by atoms with Gasteiger partial charge < -0.3 is 10.4 Å². The molecule has 19 heavy (non-hydrogen) atoms. The lowest BCUT2D eigenvalue weighted by molar-refractivity contribution is -0.139. The lowest BCUT2D eigenvalue weighted by atomic mass is 10.0. The fourth-order valence-corrected chi connectivity index (χ4v) is 1.86. The van der Waals surface area contributed by atoms with Crippen LogP contribution in [0.15, 0.2) is 18.2 Å². The molecule has 0 heterocycles. The standard InChI is InChI=1S/C13H15ClFNO3/c1-7(2)5-11(13(18)19)16-12(17)9-4-3-8(15)6-10(9)14/h3-4,6-7,11H,5H2,1-2H3,(H,16,17)(H,18,19)/t11-/m1/s1. The molecule has 1 aromatic rings. The second kappa shape index (κ2) is 6.52. The summed E-state index contributed by atoms with van der Waals surface area (Å²) in [4.78, 5) is 22.9. The zero-order valence-corrected chi connectivity index (χ0v) is 11.4. The molecule has 0 aliphatic rings. The lowest BCUT2D eigenvalue weighted by Crippen LogP contribution is -2.41. The van der Waals surface area contributed by atoms with Crippen molar-refractivity contribution in [2.45, 2.75) is 26.3 Å². The molecule has 0 radical (unpaired) electrons. The summed E-state index contributed by atoms with van der Waals surface area (Å²) in [5, 5.41) is 11.4. The minimum atomic E-state index is -1.11. The number of benzene rings is 1. The van der Waals surface area contributed by atoms with Crippen LogP contribution in [0.1, 0.15) is 30.6 Å². The molecule has 0 saturated carbocycles. The van der Waals surface area contributed by atoms with Crippen LogP contribution in [-0.4, -0.2) is 23.0 Å². The van der Waals surface area contributed by atoms with Crippen molar-refractivity contribution in [1.82, 2.24) is 5.32 Å². The highest BCUT2D eigenvalue weighted by molar-refractivity contribution is 6.33. The summed E-state index contributed by atoms with van der Waals surface area (Å²) in [5.74, 6) is -2.18. The quantitative estimate of drug-likeness (QED) is 0.875. The Labute approximate surface area is 115 Å². The van der Waals surface area contributed by atoms with Crippen LogP contribution in [0.4, 0.5) is 4.39 Å². The highest BCUT2D eigenvalue weighted by atomic mass is 35.5. The molecule has 1 amide bonds. The van der Waals surface area contributed by atoms with E-state index in [1.807, 2.05) is 13.8 Å². The molecule has 0 saturated heterocycles. The van der Waals surface area contributed by atoms with Gasteiger partial charge in [0.05, 0.1) is 10.6 Å². The van der Waals surface area contributed by atoms with Gasteiger partial charge in [-0.15, -0.1) is 0 Å². The van der Waals surface area contributed by atoms with Crippen molar-refractivity contribution in [1.29, 1.82) is 0 Å². The fraction of sp³-hybridized carbons (Fsp3) is 0.385. The molecule has 4 nitrogen and oxygen atoms in total. The van der Waals surface area contributed by atoms with Gasteiger partial charge in [-0.3, -0.25) is 4.79 Å². The van der Waals surface area contributed by atoms with Crippen LogP contribution in [0.5, 0.6) is 0 Å². The van der Waals surface area contributed by atoms with Gasteiger partial charge in [-0.25, -0.2) is 9.18 Å². The number of hydrogen-bond donors (Lipinski definition) is 2. The smallest absolute Gasteiger partial charge is 0.326 e. The number of rotatable bonds is 5. The van der Waals surface area contributed by atoms with Gasteiger partial charge in [0.2, 0.25) is 0 Å². The van der Waals surface area contributed by atoms with Gasteiger partial charge in [0, 0.05) is 0 Å². The molecular formula is C13H15ClFNO3. The van der Waals surface area contributed by atoms with Crippen LogP contribution in [0, 0.1) is 11.7 Å². The Morgan fingerprint density at radius 1 is 1.42 bits per heavy atom. The summed E-state index contributed by atoms with van der Waals surface area (Å²) in [7, 11) is 0. The van der Waals surface area contributed by atoms with Crippen LogP contribution in [0.25, 0.3) is 0 Å². The number of carbonyl (C=O) groups excluding carboxylic acids is 1. The number of aliphatic carboxylic acids is 1. The Kier molecular flexibility index (Phi) is 5.30. The maximum absolute atomic E-state index is 12.9. The van der Waals surface area contributed by atoms with Gasteiger partial charge in [-0.2, -0.15) is 0 Å². The van der Waals surface area contributed by atoms with E-state index in [1.54, 1.807) is 0 Å². The largest absolute Gasteiger partial charge is 0.480 e. The topological polar surface area (TPSA) is 66.4 Å². The van der Waals surface area contributed by atoms with Crippen molar-refractivity contribution in [2.24, 2.45) is 5.92 Å². The van der Waals surface area contributed by atoms with Gasteiger partial charge in [-0.05, 0) is 30.5 Å². The molecule has 0 aliphatic carbocycles. The van der Waals surface area contributed by atoms with Crippen LogP contribution in [0.2, 0.25) is 5.02 Å². The zero-order valence-electron chi connectivity index (χ0n) is 10.6. The minimum Gasteiger partial charge on any atom is -0.480 e. The van der Waals surface area contributed by atoms with E-state index in [4.69, 9.17) is 16.7 Å². The van der Waals surface area contributed by atoms with Crippen molar-refractivity contribution < 1.29 is 19.1 Å². The molecule has 1 aromatic carbocycles. The molecule has 1 atom stereocenters. The van der Waals surface area contributed by atoms with Crippen LogP contribution in [0.3, 0.4) is 0 Å². The molecule has 0 aliphatic heterocycles. The number of halogens is 2. The number of carbonyl (C=O) groups is 2. The van der Waals surface area contributed by atoms with Crippen LogP contribution in [-0.2, 0) is 4.79 Å². The van der Waals surface area contributed by atoms with Crippen molar-refractivity contribution >= 4 is 23.5 Å². The van der Waals surface area contributed by atoms with E-state index in [1.165, 1.54) is 6.07 Å². The summed E-state index contributed by atoms with van der Waals surface area (Å²) in [6, 6.07) is 2.34. The average molecular weight is 288 g/mol. The third-order valence-corrected chi connectivity index (χ3v) is 2.80. The number of carboxylic acids is 1. The predicted molar refractivity (Wildman–Crippen MR) is 69.8 cm³/mol. The molecular weight excluding hydrogens is 273 g/mol. The third-order valence-electron chi connectivity index (χ3n) is 2.49. The lowest BCUT2D eigenvalue weighted by Gasteiger charge is -2.16. The van der Waals surface area contributed by atoms with Gasteiger partial charge in [0.15, 0.2) is 0 Å². The first-order valence-electron chi connectivity index (χ1n) is 5.80. The molecule has 0 unspecified atom stereocenters. The number of hydrogen-bond acceptors (Lipinski definition) is 2. The minimum absolute atomic E-state index is 0.0498. The summed E-state index contributed by atoms with van der Waals surface area (Å²) in [6.07, 6.45) is 0.305. The van der Waals surface area contributed by atoms with E-state index in [0.29, 0.717) is 6.42 Å². The second-order valence-electron chi connectivity index (χ2n) is 4.62. The van der Waals surface area contributed by atoms with E-state index in [-0.39, 0.29) is 16.5 Å². The van der Waals surface area contributed by atoms with Crippen molar-refractivity contribution in [3.8, 4) is 0 Å². The third kappa shape index (κ3) is 4.52. The first kappa shape index (κ1) is 15.4. The number of amides is 1. The normalized spacial score (nSPS) is 12.3. The molecule has 1 rings (SSSR count). The van der Waals surface area contributed by atoms with Crippen LogP contribution < -0.4 is 5.32 Å². The SMILES string of the molecule is CC(C)C[C@@H](NC(=O)c1ccc(F)cc1Cl)C(=O)O. The molecule has 2 N–H and O–H groups in total. The number of nitrogens with one attached hydrogen (secondary N) is 1. The monoisotopic (exact) mass is 287 g/mol. The van der Waals surface area contributed by atoms with E-state index < -0.39 is 23.7 Å². The van der Waals surface area contributed by atoms with Gasteiger partial charge in [-0.1, -0.05) is 25.4 Å². The molecule has 0 spiro atoms. The Morgan fingerprint density at radius 2 is 2.05 bits per heavy atom. The summed E-state index contributed by atoms with van der Waals surface area (Å²) >= 11 is 5.74. The van der Waals surface area contributed by atoms with E-state index in [2.05, 4.69) is 5.32 Å². The first-order chi connectivity index (χ1) is 8.81. The highest BCUT2D eigenvalue weighted by Crippen LogP contribution is 2.17. The summed E-state index contributed by atoms with van der Waals surface area (Å²) < 4.78 is 12.9. The summed E-state index contributed by atoms with van der Waals surface area (Å²) in [5.41, 5.74) is 0.0538. The zero-order chi connectivity index (χ0) is 14.6. The maximum Gasteiger partial charge on any atom is 0.326 e. The van der Waals surface area contributed by atoms with Crippen molar-refractivity contribution in [3.63, 3.8) is 0 Å². The van der Waals surface area contributed by atoms with Crippen molar-refractivity contribution in [3.05, 3.63) is 34.6 Å². The highest BCUT2D eigenvalue weighted by Gasteiger charge is 2.22. The average Bonchev–Trinajstić information content (AvgIpc) is 2.26. The van der Waals surface area contributed by atoms with E-state index >= 15 is 0 Å². The molecule has 104 valence electrons. The maximum atomic E-state index is 12.9. The van der Waals surface area contributed by atoms with Crippen LogP contribution >= 0.6 is 11.6 Å². The molecule has 6 heteroatoms. The van der Waals surface area contributed by atoms with Gasteiger partial charge in [0.25, 0.3) is 5.91 Å². The van der Waals surface area contributed by atoms with E-state index in [0.717, 1.165) is 12.1 Å². The Hall–Kier alpha value is -1.62. The molecule has 0 fully saturated rings. The molecule has 0 bridgehead atoms.